The maximum atomic E-state index is 12.5. The van der Waals surface area contributed by atoms with Crippen LogP contribution in [0.1, 0.15) is 11.7 Å². The van der Waals surface area contributed by atoms with Crippen LogP contribution in [0.2, 0.25) is 5.02 Å². The highest BCUT2D eigenvalue weighted by Gasteiger charge is 2.34. The standard InChI is InChI=1S/C16H15ClF3NO4S/c1-24-14(11-6-2-3-7-12(11)17)10-21-26(22,23)15-9-5-4-8-13(15)25-16(18,19)20/h2-9,14,21H,10H2,1H3/t14-/m1/s1. The molecule has 0 aliphatic rings. The van der Waals surface area contributed by atoms with Crippen molar-refractivity contribution in [3.63, 3.8) is 0 Å². The third-order valence-corrected chi connectivity index (χ3v) is 5.17. The molecule has 1 N–H and O–H groups in total. The van der Waals surface area contributed by atoms with Crippen LogP contribution < -0.4 is 9.46 Å². The molecular weight excluding hydrogens is 395 g/mol. The number of hydrogen-bond donors (Lipinski definition) is 1. The third kappa shape index (κ3) is 5.34. The first-order chi connectivity index (χ1) is 12.1. The molecule has 0 aliphatic heterocycles. The van der Waals surface area contributed by atoms with Crippen molar-refractivity contribution in [2.45, 2.75) is 17.4 Å². The van der Waals surface area contributed by atoms with E-state index >= 15 is 0 Å². The number of halogens is 4. The molecule has 0 heterocycles. The first-order valence-corrected chi connectivity index (χ1v) is 9.12. The summed E-state index contributed by atoms with van der Waals surface area (Å²) in [5.41, 5.74) is 0.541. The lowest BCUT2D eigenvalue weighted by Crippen LogP contribution is -2.30. The van der Waals surface area contributed by atoms with Gasteiger partial charge in [0.2, 0.25) is 10.0 Å². The molecule has 2 rings (SSSR count). The molecule has 0 fully saturated rings. The molecule has 0 amide bonds. The first-order valence-electron chi connectivity index (χ1n) is 7.25. The lowest BCUT2D eigenvalue weighted by atomic mass is 10.1. The Hall–Kier alpha value is -1.81. The van der Waals surface area contributed by atoms with E-state index in [-0.39, 0.29) is 6.54 Å². The van der Waals surface area contributed by atoms with Crippen molar-refractivity contribution in [3.05, 3.63) is 59.1 Å². The number of alkyl halides is 3. The van der Waals surface area contributed by atoms with E-state index in [0.29, 0.717) is 10.6 Å². The monoisotopic (exact) mass is 409 g/mol. The molecule has 2 aromatic carbocycles. The van der Waals surface area contributed by atoms with Gasteiger partial charge >= 0.3 is 6.36 Å². The summed E-state index contributed by atoms with van der Waals surface area (Å²) in [4.78, 5) is -0.633. The number of ether oxygens (including phenoxy) is 2. The Bertz CT molecular complexity index is 859. The van der Waals surface area contributed by atoms with Gasteiger partial charge in [-0.15, -0.1) is 13.2 Å². The van der Waals surface area contributed by atoms with Gasteiger partial charge in [-0.1, -0.05) is 41.9 Å². The van der Waals surface area contributed by atoms with Gasteiger partial charge in [0.25, 0.3) is 0 Å². The summed E-state index contributed by atoms with van der Waals surface area (Å²) >= 11 is 6.06. The second-order valence-corrected chi connectivity index (χ2v) is 7.23. The molecule has 1 atom stereocenters. The molecule has 0 aliphatic carbocycles. The zero-order chi connectivity index (χ0) is 19.4. The fourth-order valence-corrected chi connectivity index (χ4v) is 3.62. The largest absolute Gasteiger partial charge is 0.573 e. The molecule has 0 radical (unpaired) electrons. The minimum Gasteiger partial charge on any atom is -0.404 e. The van der Waals surface area contributed by atoms with Gasteiger partial charge in [-0.2, -0.15) is 0 Å². The average molecular weight is 410 g/mol. The summed E-state index contributed by atoms with van der Waals surface area (Å²) in [5, 5.41) is 0.374. The Balaban J connectivity index is 2.23. The number of nitrogens with one attached hydrogen (secondary N) is 1. The van der Waals surface area contributed by atoms with Gasteiger partial charge in [-0.25, -0.2) is 13.1 Å². The molecule has 0 aromatic heterocycles. The minimum absolute atomic E-state index is 0.233. The van der Waals surface area contributed by atoms with Gasteiger partial charge in [-0.05, 0) is 18.2 Å². The number of sulfonamides is 1. The Morgan fingerprint density at radius 1 is 1.12 bits per heavy atom. The summed E-state index contributed by atoms with van der Waals surface area (Å²) in [6, 6.07) is 11.1. The summed E-state index contributed by atoms with van der Waals surface area (Å²) in [6.07, 6.45) is -5.74. The zero-order valence-electron chi connectivity index (χ0n) is 13.5. The SMILES string of the molecule is CO[C@H](CNS(=O)(=O)c1ccccc1OC(F)(F)F)c1ccccc1Cl. The highest BCUT2D eigenvalue weighted by atomic mass is 35.5. The lowest BCUT2D eigenvalue weighted by molar-refractivity contribution is -0.275. The van der Waals surface area contributed by atoms with E-state index in [2.05, 4.69) is 9.46 Å². The summed E-state index contributed by atoms with van der Waals surface area (Å²) in [7, 11) is -2.92. The van der Waals surface area contributed by atoms with E-state index in [9.17, 15) is 21.6 Å². The van der Waals surface area contributed by atoms with Crippen LogP contribution in [0.5, 0.6) is 5.75 Å². The fraction of sp³-hybridized carbons (Fsp3) is 0.250. The maximum Gasteiger partial charge on any atom is 0.573 e. The molecule has 10 heteroatoms. The van der Waals surface area contributed by atoms with Crippen LogP contribution in [-0.2, 0) is 14.8 Å². The van der Waals surface area contributed by atoms with Crippen molar-refractivity contribution in [1.29, 1.82) is 0 Å². The predicted molar refractivity (Wildman–Crippen MR) is 89.5 cm³/mol. The van der Waals surface area contributed by atoms with Crippen LogP contribution in [0.15, 0.2) is 53.4 Å². The van der Waals surface area contributed by atoms with Crippen LogP contribution >= 0.6 is 11.6 Å². The molecule has 0 unspecified atom stereocenters. The number of hydrogen-bond acceptors (Lipinski definition) is 4. The third-order valence-electron chi connectivity index (χ3n) is 3.36. The second kappa shape index (κ2) is 8.26. The number of rotatable bonds is 7. The maximum absolute atomic E-state index is 12.5. The Morgan fingerprint density at radius 3 is 2.35 bits per heavy atom. The van der Waals surface area contributed by atoms with Crippen molar-refractivity contribution < 1.29 is 31.1 Å². The van der Waals surface area contributed by atoms with Crippen molar-refractivity contribution in [3.8, 4) is 5.75 Å². The number of methoxy groups -OCH3 is 1. The lowest BCUT2D eigenvalue weighted by Gasteiger charge is -2.19. The Labute approximate surface area is 153 Å². The zero-order valence-corrected chi connectivity index (χ0v) is 15.0. The summed E-state index contributed by atoms with van der Waals surface area (Å²) in [6.45, 7) is -0.233. The van der Waals surface area contributed by atoms with Gasteiger partial charge in [0, 0.05) is 24.2 Å². The van der Waals surface area contributed by atoms with E-state index in [1.807, 2.05) is 0 Å². The quantitative estimate of drug-likeness (QED) is 0.753. The van der Waals surface area contributed by atoms with E-state index in [0.717, 1.165) is 12.1 Å². The Kier molecular flexibility index (Phi) is 6.51. The first kappa shape index (κ1) is 20.5. The molecule has 0 saturated heterocycles. The molecule has 26 heavy (non-hydrogen) atoms. The van der Waals surface area contributed by atoms with Gasteiger partial charge in [0.1, 0.15) is 10.6 Å². The second-order valence-electron chi connectivity index (χ2n) is 5.09. The highest BCUT2D eigenvalue weighted by molar-refractivity contribution is 7.89. The molecule has 2 aromatic rings. The summed E-state index contributed by atoms with van der Waals surface area (Å²) in [5.74, 6) is -0.820. The van der Waals surface area contributed by atoms with E-state index in [4.69, 9.17) is 16.3 Å². The van der Waals surface area contributed by atoms with Crippen LogP contribution in [0, 0.1) is 0 Å². The summed E-state index contributed by atoms with van der Waals surface area (Å²) < 4.78 is 73.5. The molecule has 0 bridgehead atoms. The van der Waals surface area contributed by atoms with Crippen LogP contribution in [0.4, 0.5) is 13.2 Å². The van der Waals surface area contributed by atoms with Gasteiger partial charge in [0.15, 0.2) is 0 Å². The fourth-order valence-electron chi connectivity index (χ4n) is 2.20. The van der Waals surface area contributed by atoms with Crippen molar-refractivity contribution in [1.82, 2.24) is 4.72 Å². The number of para-hydroxylation sites is 1. The smallest absolute Gasteiger partial charge is 0.404 e. The molecule has 0 spiro atoms. The van der Waals surface area contributed by atoms with Crippen LogP contribution in [0.3, 0.4) is 0 Å². The Morgan fingerprint density at radius 2 is 1.73 bits per heavy atom. The highest BCUT2D eigenvalue weighted by Crippen LogP contribution is 2.30. The van der Waals surface area contributed by atoms with Crippen LogP contribution in [-0.4, -0.2) is 28.4 Å². The number of benzene rings is 2. The average Bonchev–Trinajstić information content (AvgIpc) is 2.55. The van der Waals surface area contributed by atoms with Gasteiger partial charge < -0.3 is 9.47 Å². The minimum atomic E-state index is -5.02. The molecule has 142 valence electrons. The molecule has 0 saturated carbocycles. The van der Waals surface area contributed by atoms with Crippen LogP contribution in [0.25, 0.3) is 0 Å². The predicted octanol–water partition coefficient (Wildman–Crippen LogP) is 3.90. The van der Waals surface area contributed by atoms with E-state index < -0.39 is 33.1 Å². The van der Waals surface area contributed by atoms with E-state index in [1.54, 1.807) is 24.3 Å². The van der Waals surface area contributed by atoms with Gasteiger partial charge in [0.05, 0.1) is 6.10 Å². The topological polar surface area (TPSA) is 64.6 Å². The van der Waals surface area contributed by atoms with Crippen molar-refractivity contribution in [2.24, 2.45) is 0 Å². The van der Waals surface area contributed by atoms with Crippen molar-refractivity contribution >= 4 is 21.6 Å². The molecule has 5 nitrogen and oxygen atoms in total. The van der Waals surface area contributed by atoms with E-state index in [1.165, 1.54) is 19.2 Å². The normalized spacial score (nSPS) is 13.4. The van der Waals surface area contributed by atoms with Gasteiger partial charge in [-0.3, -0.25) is 0 Å². The molecular formula is C16H15ClF3NO4S. The van der Waals surface area contributed by atoms with Crippen molar-refractivity contribution in [2.75, 3.05) is 13.7 Å².